The smallest absolute Gasteiger partial charge is 0.273 e. The van der Waals surface area contributed by atoms with Gasteiger partial charge >= 0.3 is 0 Å². The van der Waals surface area contributed by atoms with Gasteiger partial charge in [-0.2, -0.15) is 0 Å². The summed E-state index contributed by atoms with van der Waals surface area (Å²) in [6.45, 7) is 10.4. The number of piperazine rings is 1. The Morgan fingerprint density at radius 2 is 1.59 bits per heavy atom. The molecule has 0 saturated carbocycles. The third kappa shape index (κ3) is 4.57. The lowest BCUT2D eigenvalue weighted by molar-refractivity contribution is 0.0622. The Kier molecular flexibility index (Phi) is 5.86. The van der Waals surface area contributed by atoms with Crippen molar-refractivity contribution in [1.82, 2.24) is 19.7 Å². The molecule has 1 aromatic carbocycles. The van der Waals surface area contributed by atoms with Crippen molar-refractivity contribution in [1.29, 1.82) is 0 Å². The molecule has 2 aliphatic rings. The average Bonchev–Trinajstić information content (AvgIpc) is 3.39. The summed E-state index contributed by atoms with van der Waals surface area (Å²) in [7, 11) is 0. The van der Waals surface area contributed by atoms with Crippen LogP contribution >= 0.6 is 11.3 Å². The Hall–Kier alpha value is -1.76. The minimum atomic E-state index is 0.0730. The zero-order valence-corrected chi connectivity index (χ0v) is 16.9. The van der Waals surface area contributed by atoms with Crippen LogP contribution in [0.2, 0.25) is 0 Å². The number of nitrogens with zero attached hydrogens (tertiary/aromatic N) is 4. The third-order valence-corrected chi connectivity index (χ3v) is 6.50. The summed E-state index contributed by atoms with van der Waals surface area (Å²) in [4.78, 5) is 24.4. The number of carbonyl (C=O) groups is 1. The van der Waals surface area contributed by atoms with Crippen LogP contribution in [-0.4, -0.2) is 77.9 Å². The minimum absolute atomic E-state index is 0.0730. The van der Waals surface area contributed by atoms with Gasteiger partial charge in [0, 0.05) is 50.2 Å². The average molecular weight is 385 g/mol. The molecule has 2 aliphatic heterocycles. The topological polar surface area (TPSA) is 39.7 Å². The number of aromatic nitrogens is 1. The van der Waals surface area contributed by atoms with E-state index >= 15 is 0 Å². The minimum Gasteiger partial charge on any atom is -0.335 e. The highest BCUT2D eigenvalue weighted by atomic mass is 32.1. The largest absolute Gasteiger partial charge is 0.335 e. The number of carbonyl (C=O) groups excluding carboxylic acids is 1. The Bertz CT molecular complexity index is 759. The van der Waals surface area contributed by atoms with Crippen LogP contribution in [0.1, 0.15) is 28.9 Å². The van der Waals surface area contributed by atoms with Crippen molar-refractivity contribution in [3.05, 3.63) is 40.9 Å². The van der Waals surface area contributed by atoms with Gasteiger partial charge in [-0.05, 0) is 32.9 Å². The van der Waals surface area contributed by atoms with Crippen LogP contribution in [0.4, 0.5) is 0 Å². The Balaban J connectivity index is 1.29. The standard InChI is InChI=1S/C21H28N4OS/c1-17-4-6-18(7-5-17)20-22-19(16-27-20)21(26)25-14-12-24(13-15-25)11-10-23-8-2-3-9-23/h4-7,16H,2-3,8-15H2,1H3. The molecule has 4 rings (SSSR count). The number of rotatable bonds is 5. The second kappa shape index (κ2) is 8.50. The molecule has 1 aromatic heterocycles. The first-order valence-electron chi connectivity index (χ1n) is 9.95. The second-order valence-electron chi connectivity index (χ2n) is 7.59. The second-order valence-corrected chi connectivity index (χ2v) is 8.44. The monoisotopic (exact) mass is 384 g/mol. The maximum absolute atomic E-state index is 12.8. The van der Waals surface area contributed by atoms with E-state index in [4.69, 9.17) is 0 Å². The normalized spacial score (nSPS) is 18.9. The molecule has 0 radical (unpaired) electrons. The van der Waals surface area contributed by atoms with E-state index in [1.165, 1.54) is 38.0 Å². The molecular formula is C21H28N4OS. The van der Waals surface area contributed by atoms with Crippen molar-refractivity contribution in [2.75, 3.05) is 52.4 Å². The molecule has 0 aliphatic carbocycles. The molecule has 2 aromatic rings. The summed E-state index contributed by atoms with van der Waals surface area (Å²) in [6.07, 6.45) is 2.70. The van der Waals surface area contributed by atoms with E-state index in [9.17, 15) is 4.79 Å². The van der Waals surface area contributed by atoms with Crippen molar-refractivity contribution in [2.24, 2.45) is 0 Å². The van der Waals surface area contributed by atoms with Crippen LogP contribution in [0.15, 0.2) is 29.6 Å². The Morgan fingerprint density at radius 1 is 0.963 bits per heavy atom. The summed E-state index contributed by atoms with van der Waals surface area (Å²) < 4.78 is 0. The number of amides is 1. The summed E-state index contributed by atoms with van der Waals surface area (Å²) in [6, 6.07) is 8.31. The molecule has 0 N–H and O–H groups in total. The molecule has 0 atom stereocenters. The molecular weight excluding hydrogens is 356 g/mol. The van der Waals surface area contributed by atoms with Gasteiger partial charge in [-0.15, -0.1) is 11.3 Å². The Morgan fingerprint density at radius 3 is 2.26 bits per heavy atom. The van der Waals surface area contributed by atoms with Gasteiger partial charge in [-0.25, -0.2) is 4.98 Å². The number of benzene rings is 1. The number of hydrogen-bond donors (Lipinski definition) is 0. The van der Waals surface area contributed by atoms with Crippen molar-refractivity contribution < 1.29 is 4.79 Å². The maximum atomic E-state index is 12.8. The molecule has 0 bridgehead atoms. The molecule has 0 spiro atoms. The summed E-state index contributed by atoms with van der Waals surface area (Å²) in [5.74, 6) is 0.0730. The van der Waals surface area contributed by atoms with Gasteiger partial charge in [0.1, 0.15) is 10.7 Å². The van der Waals surface area contributed by atoms with Gasteiger partial charge in [-0.3, -0.25) is 9.69 Å². The highest BCUT2D eigenvalue weighted by Crippen LogP contribution is 2.24. The fourth-order valence-corrected chi connectivity index (χ4v) is 4.63. The van der Waals surface area contributed by atoms with Gasteiger partial charge in [0.05, 0.1) is 0 Å². The van der Waals surface area contributed by atoms with Crippen LogP contribution < -0.4 is 0 Å². The van der Waals surface area contributed by atoms with E-state index < -0.39 is 0 Å². The van der Waals surface area contributed by atoms with E-state index in [0.29, 0.717) is 5.69 Å². The van der Waals surface area contributed by atoms with E-state index in [-0.39, 0.29) is 5.91 Å². The first-order valence-corrected chi connectivity index (χ1v) is 10.8. The summed E-state index contributed by atoms with van der Waals surface area (Å²) in [5, 5.41) is 2.82. The van der Waals surface area contributed by atoms with Crippen LogP contribution in [-0.2, 0) is 0 Å². The van der Waals surface area contributed by atoms with Crippen molar-refractivity contribution in [3.8, 4) is 10.6 Å². The van der Waals surface area contributed by atoms with Crippen LogP contribution in [0.3, 0.4) is 0 Å². The molecule has 0 unspecified atom stereocenters. The van der Waals surface area contributed by atoms with Crippen LogP contribution in [0, 0.1) is 6.92 Å². The molecule has 2 fully saturated rings. The van der Waals surface area contributed by atoms with E-state index in [1.807, 2.05) is 10.3 Å². The lowest BCUT2D eigenvalue weighted by Crippen LogP contribution is -2.50. The highest BCUT2D eigenvalue weighted by molar-refractivity contribution is 7.13. The lowest BCUT2D eigenvalue weighted by atomic mass is 10.2. The zero-order valence-electron chi connectivity index (χ0n) is 16.1. The van der Waals surface area contributed by atoms with E-state index in [1.54, 1.807) is 11.3 Å². The molecule has 27 heavy (non-hydrogen) atoms. The van der Waals surface area contributed by atoms with Crippen molar-refractivity contribution >= 4 is 17.2 Å². The van der Waals surface area contributed by atoms with Gasteiger partial charge in [-0.1, -0.05) is 29.8 Å². The summed E-state index contributed by atoms with van der Waals surface area (Å²) in [5.41, 5.74) is 2.90. The first-order chi connectivity index (χ1) is 13.2. The summed E-state index contributed by atoms with van der Waals surface area (Å²) >= 11 is 1.55. The molecule has 2 saturated heterocycles. The number of hydrogen-bond acceptors (Lipinski definition) is 5. The fourth-order valence-electron chi connectivity index (χ4n) is 3.83. The molecule has 3 heterocycles. The van der Waals surface area contributed by atoms with Gasteiger partial charge in [0.25, 0.3) is 5.91 Å². The van der Waals surface area contributed by atoms with Crippen molar-refractivity contribution in [3.63, 3.8) is 0 Å². The predicted octanol–water partition coefficient (Wildman–Crippen LogP) is 2.97. The number of likely N-dealkylation sites (tertiary alicyclic amines) is 1. The van der Waals surface area contributed by atoms with E-state index in [2.05, 4.69) is 46.0 Å². The SMILES string of the molecule is Cc1ccc(-c2nc(C(=O)N3CCN(CCN4CCCC4)CC3)cs2)cc1. The number of aryl methyl sites for hydroxylation is 1. The van der Waals surface area contributed by atoms with Gasteiger partial charge in [0.2, 0.25) is 0 Å². The van der Waals surface area contributed by atoms with Crippen LogP contribution in [0.5, 0.6) is 0 Å². The molecule has 5 nitrogen and oxygen atoms in total. The maximum Gasteiger partial charge on any atom is 0.273 e. The Labute approximate surface area is 165 Å². The van der Waals surface area contributed by atoms with E-state index in [0.717, 1.165) is 43.3 Å². The van der Waals surface area contributed by atoms with Gasteiger partial charge < -0.3 is 9.80 Å². The van der Waals surface area contributed by atoms with Crippen LogP contribution in [0.25, 0.3) is 10.6 Å². The quantitative estimate of drug-likeness (QED) is 0.795. The van der Waals surface area contributed by atoms with Crippen molar-refractivity contribution in [2.45, 2.75) is 19.8 Å². The van der Waals surface area contributed by atoms with Gasteiger partial charge in [0.15, 0.2) is 0 Å². The number of thiazole rings is 1. The first kappa shape index (κ1) is 18.6. The zero-order chi connectivity index (χ0) is 18.6. The predicted molar refractivity (Wildman–Crippen MR) is 110 cm³/mol. The molecule has 6 heteroatoms. The molecule has 144 valence electrons. The third-order valence-electron chi connectivity index (χ3n) is 5.61. The fraction of sp³-hybridized carbons (Fsp3) is 0.524. The molecule has 1 amide bonds. The lowest BCUT2D eigenvalue weighted by Gasteiger charge is -2.35. The highest BCUT2D eigenvalue weighted by Gasteiger charge is 2.24.